The molecule has 1 aliphatic rings. The van der Waals surface area contributed by atoms with Crippen molar-refractivity contribution in [3.05, 3.63) is 28.7 Å². The summed E-state index contributed by atoms with van der Waals surface area (Å²) in [4.78, 5) is 0.343. The van der Waals surface area contributed by atoms with Crippen LogP contribution in [0.2, 0.25) is 0 Å². The Labute approximate surface area is 91.1 Å². The SMILES string of the molecule is O=S(=O)(CC1CO1)c1ccccc1Br. The third-order valence-electron chi connectivity index (χ3n) is 1.98. The first-order chi connectivity index (χ1) is 6.59. The van der Waals surface area contributed by atoms with E-state index in [1.807, 2.05) is 0 Å². The Morgan fingerprint density at radius 3 is 2.64 bits per heavy atom. The molecule has 0 N–H and O–H groups in total. The molecular weight excluding hydrogens is 268 g/mol. The van der Waals surface area contributed by atoms with E-state index >= 15 is 0 Å². The maximum absolute atomic E-state index is 11.8. The van der Waals surface area contributed by atoms with Crippen molar-refractivity contribution in [3.63, 3.8) is 0 Å². The van der Waals surface area contributed by atoms with E-state index in [0.717, 1.165) is 0 Å². The average molecular weight is 277 g/mol. The first-order valence-corrected chi connectivity index (χ1v) is 6.63. The van der Waals surface area contributed by atoms with Gasteiger partial charge in [-0.3, -0.25) is 0 Å². The van der Waals surface area contributed by atoms with Gasteiger partial charge in [-0.1, -0.05) is 12.1 Å². The van der Waals surface area contributed by atoms with E-state index in [2.05, 4.69) is 15.9 Å². The summed E-state index contributed by atoms with van der Waals surface area (Å²) in [6.45, 7) is 0.559. The van der Waals surface area contributed by atoms with Crippen molar-refractivity contribution in [3.8, 4) is 0 Å². The van der Waals surface area contributed by atoms with Gasteiger partial charge in [-0.2, -0.15) is 0 Å². The maximum atomic E-state index is 11.8. The van der Waals surface area contributed by atoms with Gasteiger partial charge in [0.15, 0.2) is 9.84 Å². The Morgan fingerprint density at radius 2 is 2.07 bits per heavy atom. The summed E-state index contributed by atoms with van der Waals surface area (Å²) in [7, 11) is -3.20. The van der Waals surface area contributed by atoms with E-state index in [1.165, 1.54) is 0 Å². The van der Waals surface area contributed by atoms with Crippen LogP contribution in [0.25, 0.3) is 0 Å². The van der Waals surface area contributed by atoms with Gasteiger partial charge < -0.3 is 4.74 Å². The molecule has 0 aromatic heterocycles. The minimum absolute atomic E-state index is 0.0790. The lowest BCUT2D eigenvalue weighted by Crippen LogP contribution is -2.12. The highest BCUT2D eigenvalue weighted by molar-refractivity contribution is 9.10. The van der Waals surface area contributed by atoms with Crippen LogP contribution in [0.1, 0.15) is 0 Å². The molecule has 0 amide bonds. The zero-order valence-corrected chi connectivity index (χ0v) is 9.71. The zero-order chi connectivity index (χ0) is 10.2. The number of hydrogen-bond donors (Lipinski definition) is 0. The van der Waals surface area contributed by atoms with Crippen LogP contribution in [0.15, 0.2) is 33.6 Å². The Balaban J connectivity index is 2.33. The molecule has 1 fully saturated rings. The van der Waals surface area contributed by atoms with E-state index in [1.54, 1.807) is 24.3 Å². The van der Waals surface area contributed by atoms with Gasteiger partial charge in [-0.25, -0.2) is 8.42 Å². The average Bonchev–Trinajstić information content (AvgIpc) is 2.88. The molecule has 1 unspecified atom stereocenters. The van der Waals surface area contributed by atoms with E-state index in [9.17, 15) is 8.42 Å². The van der Waals surface area contributed by atoms with Gasteiger partial charge in [0.1, 0.15) is 0 Å². The van der Waals surface area contributed by atoms with Crippen molar-refractivity contribution in [1.82, 2.24) is 0 Å². The normalized spacial score (nSPS) is 20.8. The number of hydrogen-bond acceptors (Lipinski definition) is 3. The molecule has 2 rings (SSSR count). The molecule has 5 heteroatoms. The number of epoxide rings is 1. The van der Waals surface area contributed by atoms with Gasteiger partial charge in [0.2, 0.25) is 0 Å². The fourth-order valence-corrected chi connectivity index (χ4v) is 3.73. The van der Waals surface area contributed by atoms with Gasteiger partial charge in [0.25, 0.3) is 0 Å². The Morgan fingerprint density at radius 1 is 1.43 bits per heavy atom. The lowest BCUT2D eigenvalue weighted by molar-refractivity contribution is 0.422. The fraction of sp³-hybridized carbons (Fsp3) is 0.333. The summed E-state index contributed by atoms with van der Waals surface area (Å²) in [5.74, 6) is 0.0790. The largest absolute Gasteiger partial charge is 0.372 e. The van der Waals surface area contributed by atoms with Gasteiger partial charge in [-0.05, 0) is 28.1 Å². The molecule has 0 bridgehead atoms. The van der Waals surface area contributed by atoms with E-state index in [0.29, 0.717) is 16.0 Å². The second kappa shape index (κ2) is 3.64. The molecule has 0 aliphatic carbocycles. The van der Waals surface area contributed by atoms with Crippen molar-refractivity contribution in [2.24, 2.45) is 0 Å². The molecule has 1 saturated heterocycles. The summed E-state index contributed by atoms with van der Waals surface area (Å²) in [6, 6.07) is 6.82. The van der Waals surface area contributed by atoms with Crippen molar-refractivity contribution < 1.29 is 13.2 Å². The van der Waals surface area contributed by atoms with Crippen molar-refractivity contribution in [2.75, 3.05) is 12.4 Å². The summed E-state index contributed by atoms with van der Waals surface area (Å²) in [5, 5.41) is 0. The molecule has 0 spiro atoms. The van der Waals surface area contributed by atoms with Gasteiger partial charge in [0, 0.05) is 4.47 Å². The van der Waals surface area contributed by atoms with Crippen LogP contribution in [0.4, 0.5) is 0 Å². The Bertz CT molecular complexity index is 437. The number of benzene rings is 1. The zero-order valence-electron chi connectivity index (χ0n) is 7.31. The maximum Gasteiger partial charge on any atom is 0.182 e. The first kappa shape index (κ1) is 10.1. The molecule has 1 aromatic carbocycles. The van der Waals surface area contributed by atoms with Crippen LogP contribution in [0.5, 0.6) is 0 Å². The standard InChI is InChI=1S/C9H9BrO3S/c10-8-3-1-2-4-9(8)14(11,12)6-7-5-13-7/h1-4,7H,5-6H2. The van der Waals surface area contributed by atoms with Crippen LogP contribution in [-0.4, -0.2) is 26.9 Å². The van der Waals surface area contributed by atoms with Gasteiger partial charge >= 0.3 is 0 Å². The van der Waals surface area contributed by atoms with Crippen molar-refractivity contribution in [1.29, 1.82) is 0 Å². The Hall–Kier alpha value is -0.390. The van der Waals surface area contributed by atoms with Gasteiger partial charge in [-0.15, -0.1) is 0 Å². The number of ether oxygens (including phenoxy) is 1. The monoisotopic (exact) mass is 276 g/mol. The predicted molar refractivity (Wildman–Crippen MR) is 55.9 cm³/mol. The lowest BCUT2D eigenvalue weighted by Gasteiger charge is -2.03. The lowest BCUT2D eigenvalue weighted by atomic mass is 10.4. The van der Waals surface area contributed by atoms with Gasteiger partial charge in [0.05, 0.1) is 23.4 Å². The highest BCUT2D eigenvalue weighted by Gasteiger charge is 2.31. The van der Waals surface area contributed by atoms with Crippen LogP contribution >= 0.6 is 15.9 Å². The number of sulfone groups is 1. The molecule has 3 nitrogen and oxygen atoms in total. The minimum Gasteiger partial charge on any atom is -0.372 e. The highest BCUT2D eigenvalue weighted by Crippen LogP contribution is 2.25. The molecule has 0 saturated carbocycles. The molecular formula is C9H9BrO3S. The van der Waals surface area contributed by atoms with Crippen LogP contribution in [0, 0.1) is 0 Å². The minimum atomic E-state index is -3.20. The molecule has 1 aliphatic heterocycles. The molecule has 1 atom stereocenters. The smallest absolute Gasteiger partial charge is 0.182 e. The second-order valence-corrected chi connectivity index (χ2v) is 6.02. The second-order valence-electron chi connectivity index (χ2n) is 3.17. The molecule has 14 heavy (non-hydrogen) atoms. The molecule has 0 radical (unpaired) electrons. The summed E-state index contributed by atoms with van der Waals surface area (Å²) < 4.78 is 29.1. The third kappa shape index (κ3) is 2.16. The molecule has 76 valence electrons. The van der Waals surface area contributed by atoms with E-state index < -0.39 is 9.84 Å². The van der Waals surface area contributed by atoms with E-state index in [4.69, 9.17) is 4.74 Å². The quantitative estimate of drug-likeness (QED) is 0.789. The summed E-state index contributed by atoms with van der Waals surface area (Å²) in [6.07, 6.45) is -0.105. The third-order valence-corrected chi connectivity index (χ3v) is 4.77. The van der Waals surface area contributed by atoms with Crippen molar-refractivity contribution in [2.45, 2.75) is 11.0 Å². The molecule has 1 aromatic rings. The highest BCUT2D eigenvalue weighted by atomic mass is 79.9. The number of halogens is 1. The topological polar surface area (TPSA) is 46.7 Å². The predicted octanol–water partition coefficient (Wildman–Crippen LogP) is 1.62. The first-order valence-electron chi connectivity index (χ1n) is 4.18. The Kier molecular flexibility index (Phi) is 2.64. The van der Waals surface area contributed by atoms with Crippen molar-refractivity contribution >= 4 is 25.8 Å². The fourth-order valence-electron chi connectivity index (χ4n) is 1.20. The summed E-state index contributed by atoms with van der Waals surface area (Å²) >= 11 is 3.22. The van der Waals surface area contributed by atoms with Crippen LogP contribution in [-0.2, 0) is 14.6 Å². The van der Waals surface area contributed by atoms with E-state index in [-0.39, 0.29) is 11.9 Å². The van der Waals surface area contributed by atoms with Crippen LogP contribution in [0.3, 0.4) is 0 Å². The summed E-state index contributed by atoms with van der Waals surface area (Å²) in [5.41, 5.74) is 0. The number of rotatable bonds is 3. The molecule has 1 heterocycles. The van der Waals surface area contributed by atoms with Crippen LogP contribution < -0.4 is 0 Å².